The van der Waals surface area contributed by atoms with Crippen molar-refractivity contribution >= 4 is 29.2 Å². The summed E-state index contributed by atoms with van der Waals surface area (Å²) < 4.78 is 0. The Kier molecular flexibility index (Phi) is 6.36. The third kappa shape index (κ3) is 5.24. The third-order valence-electron chi connectivity index (χ3n) is 4.61. The van der Waals surface area contributed by atoms with Crippen LogP contribution in [0.1, 0.15) is 33.6 Å². The Balaban J connectivity index is 1.57. The monoisotopic (exact) mass is 388 g/mol. The van der Waals surface area contributed by atoms with Gasteiger partial charge in [0.05, 0.1) is 6.54 Å². The number of Topliss-reactive ketones (excluding diaryl/α,β-unsaturated/α-hetero) is 1. The molecular formula is C19H21ClN4O3. The van der Waals surface area contributed by atoms with E-state index in [-0.39, 0.29) is 28.4 Å². The quantitative estimate of drug-likeness (QED) is 0.556. The number of ketones is 1. The first-order chi connectivity index (χ1) is 13.0. The molecule has 1 aliphatic rings. The van der Waals surface area contributed by atoms with Gasteiger partial charge in [-0.1, -0.05) is 30.3 Å². The van der Waals surface area contributed by atoms with Gasteiger partial charge >= 0.3 is 5.97 Å². The van der Waals surface area contributed by atoms with Gasteiger partial charge in [0.15, 0.2) is 5.78 Å². The summed E-state index contributed by atoms with van der Waals surface area (Å²) in [5.41, 5.74) is 0.714. The van der Waals surface area contributed by atoms with E-state index in [0.29, 0.717) is 13.1 Å². The number of aromatic carboxylic acids is 1. The van der Waals surface area contributed by atoms with Gasteiger partial charge in [-0.05, 0) is 36.9 Å². The molecule has 1 atom stereocenters. The second kappa shape index (κ2) is 8.92. The van der Waals surface area contributed by atoms with Crippen LogP contribution in [0.15, 0.2) is 36.5 Å². The number of nitrogens with one attached hydrogen (secondary N) is 1. The van der Waals surface area contributed by atoms with Gasteiger partial charge in [0, 0.05) is 24.8 Å². The molecule has 1 aromatic carbocycles. The van der Waals surface area contributed by atoms with Gasteiger partial charge in [-0.3, -0.25) is 9.69 Å². The Labute approximate surface area is 162 Å². The summed E-state index contributed by atoms with van der Waals surface area (Å²) in [6.07, 6.45) is 3.20. The van der Waals surface area contributed by atoms with Gasteiger partial charge in [0.25, 0.3) is 0 Å². The summed E-state index contributed by atoms with van der Waals surface area (Å²) in [5, 5.41) is 12.3. The minimum atomic E-state index is -1.10. The van der Waals surface area contributed by atoms with Crippen LogP contribution in [0.3, 0.4) is 0 Å². The summed E-state index contributed by atoms with van der Waals surface area (Å²) in [7, 11) is 0. The van der Waals surface area contributed by atoms with Crippen LogP contribution >= 0.6 is 11.6 Å². The van der Waals surface area contributed by atoms with Crippen molar-refractivity contribution in [3.63, 3.8) is 0 Å². The SMILES string of the molecule is O=C(CN1CCCC(CNc2nc(Cl)ncc2C(=O)O)C1)c1ccccc1. The van der Waals surface area contributed by atoms with E-state index in [2.05, 4.69) is 20.2 Å². The molecule has 1 aromatic heterocycles. The van der Waals surface area contributed by atoms with E-state index >= 15 is 0 Å². The van der Waals surface area contributed by atoms with E-state index in [0.717, 1.165) is 31.5 Å². The van der Waals surface area contributed by atoms with E-state index in [1.807, 2.05) is 30.3 Å². The van der Waals surface area contributed by atoms with Crippen molar-refractivity contribution in [1.29, 1.82) is 0 Å². The Bertz CT molecular complexity index is 816. The minimum absolute atomic E-state index is 0.00114. The van der Waals surface area contributed by atoms with Crippen molar-refractivity contribution in [2.75, 3.05) is 31.5 Å². The van der Waals surface area contributed by atoms with Crippen molar-refractivity contribution in [3.05, 3.63) is 52.9 Å². The number of likely N-dealkylation sites (tertiary alicyclic amines) is 1. The van der Waals surface area contributed by atoms with E-state index in [4.69, 9.17) is 11.6 Å². The lowest BCUT2D eigenvalue weighted by Gasteiger charge is -2.32. The molecule has 1 fully saturated rings. The first-order valence-electron chi connectivity index (χ1n) is 8.83. The number of rotatable bonds is 7. The lowest BCUT2D eigenvalue weighted by molar-refractivity contribution is 0.0696. The summed E-state index contributed by atoms with van der Waals surface area (Å²) in [4.78, 5) is 33.5. The highest BCUT2D eigenvalue weighted by molar-refractivity contribution is 6.28. The lowest BCUT2D eigenvalue weighted by Crippen LogP contribution is -2.41. The van der Waals surface area contributed by atoms with Gasteiger partial charge < -0.3 is 10.4 Å². The molecule has 0 saturated carbocycles. The number of benzene rings is 1. The zero-order valence-electron chi connectivity index (χ0n) is 14.8. The number of hydrogen-bond donors (Lipinski definition) is 2. The molecule has 1 unspecified atom stereocenters. The van der Waals surface area contributed by atoms with Crippen molar-refractivity contribution in [3.8, 4) is 0 Å². The van der Waals surface area contributed by atoms with Gasteiger partial charge in [-0.25, -0.2) is 9.78 Å². The van der Waals surface area contributed by atoms with Crippen LogP contribution in [0.2, 0.25) is 5.28 Å². The molecule has 27 heavy (non-hydrogen) atoms. The highest BCUT2D eigenvalue weighted by Crippen LogP contribution is 2.20. The normalized spacial score (nSPS) is 17.4. The molecule has 1 saturated heterocycles. The van der Waals surface area contributed by atoms with Crippen LogP contribution < -0.4 is 5.32 Å². The van der Waals surface area contributed by atoms with Crippen LogP contribution in [0.4, 0.5) is 5.82 Å². The van der Waals surface area contributed by atoms with Crippen LogP contribution in [0.5, 0.6) is 0 Å². The van der Waals surface area contributed by atoms with Gasteiger partial charge in [0.1, 0.15) is 11.4 Å². The van der Waals surface area contributed by atoms with Crippen molar-refractivity contribution in [2.24, 2.45) is 5.92 Å². The van der Waals surface area contributed by atoms with Crippen LogP contribution in [0.25, 0.3) is 0 Å². The largest absolute Gasteiger partial charge is 0.477 e. The van der Waals surface area contributed by atoms with E-state index < -0.39 is 5.97 Å². The maximum atomic E-state index is 12.4. The fourth-order valence-electron chi connectivity index (χ4n) is 3.27. The predicted octanol–water partition coefficient (Wildman–Crippen LogP) is 2.84. The molecule has 2 aromatic rings. The van der Waals surface area contributed by atoms with E-state index in [1.54, 1.807) is 0 Å². The third-order valence-corrected chi connectivity index (χ3v) is 4.80. The fraction of sp³-hybridized carbons (Fsp3) is 0.368. The standard InChI is InChI=1S/C19H21ClN4O3/c20-19-22-10-15(18(26)27)17(23-19)21-9-13-5-4-8-24(11-13)12-16(25)14-6-2-1-3-7-14/h1-3,6-7,10,13H,4-5,8-9,11-12H2,(H,26,27)(H,21,22,23). The second-order valence-electron chi connectivity index (χ2n) is 6.62. The Morgan fingerprint density at radius 1 is 1.30 bits per heavy atom. The molecule has 3 rings (SSSR count). The van der Waals surface area contributed by atoms with Gasteiger partial charge in [-0.2, -0.15) is 4.98 Å². The Hall–Kier alpha value is -2.51. The topological polar surface area (TPSA) is 95.4 Å². The van der Waals surface area contributed by atoms with Gasteiger partial charge in [-0.15, -0.1) is 0 Å². The molecule has 0 spiro atoms. The highest BCUT2D eigenvalue weighted by atomic mass is 35.5. The number of nitrogens with zero attached hydrogens (tertiary/aromatic N) is 3. The van der Waals surface area contributed by atoms with E-state index in [9.17, 15) is 14.7 Å². The molecule has 142 valence electrons. The number of anilines is 1. The van der Waals surface area contributed by atoms with Crippen molar-refractivity contribution in [1.82, 2.24) is 14.9 Å². The Morgan fingerprint density at radius 3 is 2.81 bits per heavy atom. The second-order valence-corrected chi connectivity index (χ2v) is 6.96. The molecule has 0 radical (unpaired) electrons. The zero-order chi connectivity index (χ0) is 19.2. The van der Waals surface area contributed by atoms with Crippen molar-refractivity contribution < 1.29 is 14.7 Å². The molecule has 0 amide bonds. The number of carbonyl (C=O) groups is 2. The lowest BCUT2D eigenvalue weighted by atomic mass is 9.97. The number of halogens is 1. The summed E-state index contributed by atoms with van der Waals surface area (Å²) in [6.45, 7) is 2.60. The molecule has 0 aliphatic carbocycles. The number of aromatic nitrogens is 2. The number of hydrogen-bond acceptors (Lipinski definition) is 6. The smallest absolute Gasteiger partial charge is 0.341 e. The molecule has 7 nitrogen and oxygen atoms in total. The Morgan fingerprint density at radius 2 is 2.07 bits per heavy atom. The van der Waals surface area contributed by atoms with Crippen LogP contribution in [-0.4, -0.2) is 57.9 Å². The molecule has 0 bridgehead atoms. The molecule has 2 N–H and O–H groups in total. The predicted molar refractivity (Wildman–Crippen MR) is 102 cm³/mol. The first kappa shape index (κ1) is 19.3. The minimum Gasteiger partial charge on any atom is -0.477 e. The number of carbonyl (C=O) groups excluding carboxylic acids is 1. The first-order valence-corrected chi connectivity index (χ1v) is 9.21. The summed E-state index contributed by atoms with van der Waals surface area (Å²) in [5.74, 6) is -0.481. The molecular weight excluding hydrogens is 368 g/mol. The number of carboxylic acids is 1. The van der Waals surface area contributed by atoms with Gasteiger partial charge in [0.2, 0.25) is 5.28 Å². The average Bonchev–Trinajstić information content (AvgIpc) is 2.67. The van der Waals surface area contributed by atoms with Crippen LogP contribution in [0, 0.1) is 5.92 Å². The molecule has 2 heterocycles. The molecule has 1 aliphatic heterocycles. The number of carboxylic acid groups (broad SMARTS) is 1. The maximum absolute atomic E-state index is 12.4. The zero-order valence-corrected chi connectivity index (χ0v) is 15.5. The average molecular weight is 389 g/mol. The fourth-order valence-corrected chi connectivity index (χ4v) is 3.41. The summed E-state index contributed by atoms with van der Waals surface area (Å²) >= 11 is 5.78. The highest BCUT2D eigenvalue weighted by Gasteiger charge is 2.23. The van der Waals surface area contributed by atoms with Crippen LogP contribution in [-0.2, 0) is 0 Å². The maximum Gasteiger partial charge on any atom is 0.341 e. The summed E-state index contributed by atoms with van der Waals surface area (Å²) in [6, 6.07) is 9.28. The van der Waals surface area contributed by atoms with Crippen molar-refractivity contribution in [2.45, 2.75) is 12.8 Å². The number of piperidine rings is 1. The van der Waals surface area contributed by atoms with E-state index in [1.165, 1.54) is 6.20 Å². The molecule has 8 heteroatoms.